The molecule has 1 N–H and O–H groups in total. The summed E-state index contributed by atoms with van der Waals surface area (Å²) >= 11 is 6.01. The van der Waals surface area contributed by atoms with Crippen LogP contribution >= 0.6 is 11.6 Å². The second-order valence-corrected chi connectivity index (χ2v) is 7.39. The topological polar surface area (TPSA) is 72.7 Å². The Hall–Kier alpha value is -3.38. The molecule has 0 unspecified atom stereocenters. The quantitative estimate of drug-likeness (QED) is 0.304. The van der Waals surface area contributed by atoms with Crippen LogP contribution in [0.3, 0.4) is 0 Å². The van der Waals surface area contributed by atoms with Gasteiger partial charge in [0.1, 0.15) is 11.3 Å². The fourth-order valence-corrected chi connectivity index (χ4v) is 3.12. The number of aromatic nitrogens is 1. The fraction of sp³-hybridized carbons (Fsp3) is 0.208. The van der Waals surface area contributed by atoms with E-state index in [9.17, 15) is 9.59 Å². The van der Waals surface area contributed by atoms with Crippen molar-refractivity contribution in [1.82, 2.24) is 9.99 Å². The molecule has 160 valence electrons. The zero-order chi connectivity index (χ0) is 22.1. The number of pyridine rings is 1. The van der Waals surface area contributed by atoms with Crippen LogP contribution in [0.25, 0.3) is 0 Å². The Kier molecular flexibility index (Phi) is 8.01. The van der Waals surface area contributed by atoms with Crippen LogP contribution in [-0.4, -0.2) is 23.3 Å². The maximum atomic E-state index is 12.7. The van der Waals surface area contributed by atoms with Crippen molar-refractivity contribution < 1.29 is 9.53 Å². The summed E-state index contributed by atoms with van der Waals surface area (Å²) in [6.45, 7) is 3.08. The Bertz CT molecular complexity index is 1120. The smallest absolute Gasteiger partial charge is 0.276 e. The van der Waals surface area contributed by atoms with E-state index in [4.69, 9.17) is 16.3 Å². The number of carbonyl (C=O) groups is 1. The van der Waals surface area contributed by atoms with Crippen LogP contribution < -0.4 is 15.7 Å². The van der Waals surface area contributed by atoms with Gasteiger partial charge in [0.25, 0.3) is 11.5 Å². The highest BCUT2D eigenvalue weighted by molar-refractivity contribution is 6.30. The van der Waals surface area contributed by atoms with E-state index < -0.39 is 11.5 Å². The number of rotatable bonds is 9. The molecule has 2 aromatic carbocycles. The van der Waals surface area contributed by atoms with E-state index in [2.05, 4.69) is 17.5 Å². The minimum atomic E-state index is -0.572. The largest absolute Gasteiger partial charge is 0.494 e. The summed E-state index contributed by atoms with van der Waals surface area (Å²) in [7, 11) is 0. The standard InChI is InChI=1S/C24H24ClN3O3/c1-2-3-13-31-21-10-5-7-18(15-21)16-26-27-23(29)22-11-6-12-28(24(22)30)17-19-8-4-9-20(25)14-19/h4-12,14-16H,2-3,13,17H2,1H3,(H,27,29)/b26-16-. The highest BCUT2D eigenvalue weighted by atomic mass is 35.5. The van der Waals surface area contributed by atoms with Crippen LogP contribution in [0, 0.1) is 0 Å². The lowest BCUT2D eigenvalue weighted by Gasteiger charge is -2.08. The molecule has 0 fully saturated rings. The molecule has 6 nitrogen and oxygen atoms in total. The fourth-order valence-electron chi connectivity index (χ4n) is 2.91. The van der Waals surface area contributed by atoms with Gasteiger partial charge in [0.15, 0.2) is 0 Å². The first-order valence-electron chi connectivity index (χ1n) is 10.1. The van der Waals surface area contributed by atoms with Crippen molar-refractivity contribution in [2.45, 2.75) is 26.3 Å². The number of unbranched alkanes of at least 4 members (excludes halogenated alkanes) is 1. The number of hydrazone groups is 1. The number of halogens is 1. The van der Waals surface area contributed by atoms with Gasteiger partial charge in [-0.25, -0.2) is 5.43 Å². The first-order valence-corrected chi connectivity index (χ1v) is 10.4. The Morgan fingerprint density at radius 3 is 2.81 bits per heavy atom. The number of amides is 1. The first-order chi connectivity index (χ1) is 15.1. The Balaban J connectivity index is 1.66. The van der Waals surface area contributed by atoms with E-state index in [0.717, 1.165) is 29.7 Å². The summed E-state index contributed by atoms with van der Waals surface area (Å²) in [6, 6.07) is 17.8. The van der Waals surface area contributed by atoms with E-state index in [0.29, 0.717) is 18.2 Å². The molecule has 0 radical (unpaired) electrons. The number of ether oxygens (including phenoxy) is 1. The van der Waals surface area contributed by atoms with Crippen LogP contribution in [0.5, 0.6) is 5.75 Å². The van der Waals surface area contributed by atoms with Gasteiger partial charge in [-0.1, -0.05) is 49.2 Å². The molecule has 3 aromatic rings. The number of nitrogens with zero attached hydrogens (tertiary/aromatic N) is 2. The lowest BCUT2D eigenvalue weighted by Crippen LogP contribution is -2.30. The molecule has 1 aromatic heterocycles. The van der Waals surface area contributed by atoms with Crippen LogP contribution in [0.15, 0.2) is 76.8 Å². The average molecular weight is 438 g/mol. The lowest BCUT2D eigenvalue weighted by molar-refractivity contribution is 0.0953. The van der Waals surface area contributed by atoms with Gasteiger partial charge in [-0.15, -0.1) is 0 Å². The third kappa shape index (κ3) is 6.55. The summed E-state index contributed by atoms with van der Waals surface area (Å²) in [6.07, 6.45) is 5.19. The minimum absolute atomic E-state index is 0.0123. The molecule has 0 aliphatic carbocycles. The zero-order valence-corrected chi connectivity index (χ0v) is 18.0. The normalized spacial score (nSPS) is 10.9. The maximum Gasteiger partial charge on any atom is 0.276 e. The number of hydrogen-bond donors (Lipinski definition) is 1. The van der Waals surface area contributed by atoms with Crippen LogP contribution in [0.2, 0.25) is 5.02 Å². The molecule has 0 aliphatic heterocycles. The maximum absolute atomic E-state index is 12.7. The summed E-state index contributed by atoms with van der Waals surface area (Å²) < 4.78 is 7.13. The molecular formula is C24H24ClN3O3. The number of carbonyl (C=O) groups excluding carboxylic acids is 1. The average Bonchev–Trinajstić information content (AvgIpc) is 2.76. The SMILES string of the molecule is CCCCOc1cccc(/C=N\NC(=O)c2cccn(Cc3cccc(Cl)c3)c2=O)c1. The summed E-state index contributed by atoms with van der Waals surface area (Å²) in [4.78, 5) is 25.2. The van der Waals surface area contributed by atoms with Gasteiger partial charge in [0.05, 0.1) is 19.4 Å². The summed E-state index contributed by atoms with van der Waals surface area (Å²) in [5.41, 5.74) is 3.67. The third-order valence-electron chi connectivity index (χ3n) is 4.51. The Labute approximate surface area is 186 Å². The van der Waals surface area contributed by atoms with Crippen molar-refractivity contribution in [2.75, 3.05) is 6.61 Å². The molecule has 1 amide bonds. The predicted octanol–water partition coefficient (Wildman–Crippen LogP) is 4.49. The minimum Gasteiger partial charge on any atom is -0.494 e. The van der Waals surface area contributed by atoms with E-state index in [1.54, 1.807) is 24.4 Å². The third-order valence-corrected chi connectivity index (χ3v) is 4.75. The van der Waals surface area contributed by atoms with Crippen LogP contribution in [0.4, 0.5) is 0 Å². The Morgan fingerprint density at radius 2 is 2.00 bits per heavy atom. The van der Waals surface area contributed by atoms with E-state index in [1.807, 2.05) is 36.4 Å². The van der Waals surface area contributed by atoms with Gasteiger partial charge >= 0.3 is 0 Å². The second kappa shape index (κ2) is 11.1. The van der Waals surface area contributed by atoms with Gasteiger partial charge in [0.2, 0.25) is 0 Å². The number of nitrogens with one attached hydrogen (secondary N) is 1. The monoisotopic (exact) mass is 437 g/mol. The highest BCUT2D eigenvalue weighted by Crippen LogP contribution is 2.13. The number of hydrogen-bond acceptors (Lipinski definition) is 4. The lowest BCUT2D eigenvalue weighted by atomic mass is 10.2. The summed E-state index contributed by atoms with van der Waals surface area (Å²) in [5.74, 6) is 0.174. The first kappa shape index (κ1) is 22.3. The summed E-state index contributed by atoms with van der Waals surface area (Å²) in [5, 5.41) is 4.57. The second-order valence-electron chi connectivity index (χ2n) is 6.96. The van der Waals surface area contributed by atoms with Gasteiger partial charge in [-0.3, -0.25) is 9.59 Å². The van der Waals surface area contributed by atoms with Crippen LogP contribution in [-0.2, 0) is 6.54 Å². The molecule has 7 heteroatoms. The van der Waals surface area contributed by atoms with Crippen molar-refractivity contribution in [1.29, 1.82) is 0 Å². The molecule has 0 bridgehead atoms. The Morgan fingerprint density at radius 1 is 1.16 bits per heavy atom. The van der Waals surface area contributed by atoms with Crippen molar-refractivity contribution in [3.63, 3.8) is 0 Å². The van der Waals surface area contributed by atoms with Gasteiger partial charge in [-0.2, -0.15) is 5.10 Å². The van der Waals surface area contributed by atoms with E-state index >= 15 is 0 Å². The molecule has 1 heterocycles. The molecule has 0 saturated carbocycles. The predicted molar refractivity (Wildman–Crippen MR) is 123 cm³/mol. The molecule has 0 spiro atoms. The van der Waals surface area contributed by atoms with E-state index in [1.165, 1.54) is 16.8 Å². The van der Waals surface area contributed by atoms with Crippen molar-refractivity contribution >= 4 is 23.7 Å². The van der Waals surface area contributed by atoms with Crippen molar-refractivity contribution in [3.8, 4) is 5.75 Å². The van der Waals surface area contributed by atoms with Crippen molar-refractivity contribution in [2.24, 2.45) is 5.10 Å². The van der Waals surface area contributed by atoms with Gasteiger partial charge in [0, 0.05) is 11.2 Å². The molecule has 3 rings (SSSR count). The molecular weight excluding hydrogens is 414 g/mol. The molecule has 31 heavy (non-hydrogen) atoms. The molecule has 0 aliphatic rings. The van der Waals surface area contributed by atoms with Gasteiger partial charge < -0.3 is 9.30 Å². The highest BCUT2D eigenvalue weighted by Gasteiger charge is 2.11. The van der Waals surface area contributed by atoms with E-state index in [-0.39, 0.29) is 5.56 Å². The molecule has 0 atom stereocenters. The number of benzene rings is 2. The van der Waals surface area contributed by atoms with Gasteiger partial charge in [-0.05, 0) is 53.9 Å². The van der Waals surface area contributed by atoms with Crippen LogP contribution in [0.1, 0.15) is 41.3 Å². The molecule has 0 saturated heterocycles. The zero-order valence-electron chi connectivity index (χ0n) is 17.3. The van der Waals surface area contributed by atoms with Crippen molar-refractivity contribution in [3.05, 3.63) is 98.9 Å².